The number of carbonyl (C=O) groups excluding carboxylic acids is 2. The molecule has 0 aliphatic carbocycles. The highest BCUT2D eigenvalue weighted by atomic mass is 19.4. The third-order valence-corrected chi connectivity index (χ3v) is 4.96. The molecule has 1 aliphatic rings. The second kappa shape index (κ2) is 9.49. The molecule has 3 heterocycles. The average Bonchev–Trinajstić information content (AvgIpc) is 3.33. The maximum atomic E-state index is 12.8. The molecule has 1 fully saturated rings. The van der Waals surface area contributed by atoms with Crippen LogP contribution in [0.25, 0.3) is 5.69 Å². The Morgan fingerprint density at radius 1 is 1.26 bits per heavy atom. The molecule has 2 amide bonds. The molecule has 0 saturated carbocycles. The molecule has 0 radical (unpaired) electrons. The topological polar surface area (TPSA) is 119 Å². The minimum absolute atomic E-state index is 0.0680. The van der Waals surface area contributed by atoms with Crippen molar-refractivity contribution in [3.63, 3.8) is 0 Å². The van der Waals surface area contributed by atoms with Crippen LogP contribution < -0.4 is 10.1 Å². The van der Waals surface area contributed by atoms with Crippen LogP contribution in [-0.2, 0) is 22.3 Å². The standard InChI is InChI=1S/C21H26F3N5O5/c1-20(2,3)34-19(32)28-8-7-14(30)16(28)17(31)26-9-12-11-29(27-18(12)33-4)13-5-6-15(25-10-13)21(22,23)24/h5-6,10-11,14,16,30H,7-9H2,1-4H3,(H,26,31)/t14-,16+/m1/s1. The quantitative estimate of drug-likeness (QED) is 0.667. The van der Waals surface area contributed by atoms with Gasteiger partial charge in [-0.05, 0) is 39.3 Å². The maximum absolute atomic E-state index is 12.8. The van der Waals surface area contributed by atoms with Crippen molar-refractivity contribution in [2.45, 2.75) is 57.7 Å². The molecule has 1 aliphatic heterocycles. The Morgan fingerprint density at radius 2 is 1.97 bits per heavy atom. The smallest absolute Gasteiger partial charge is 0.433 e. The molecular weight excluding hydrogens is 459 g/mol. The highest BCUT2D eigenvalue weighted by molar-refractivity contribution is 5.87. The third kappa shape index (κ3) is 5.76. The molecule has 3 rings (SSSR count). The van der Waals surface area contributed by atoms with Gasteiger partial charge in [-0.15, -0.1) is 5.10 Å². The zero-order valence-corrected chi connectivity index (χ0v) is 19.1. The van der Waals surface area contributed by atoms with E-state index in [1.807, 2.05) is 0 Å². The molecular formula is C21H26F3N5O5. The van der Waals surface area contributed by atoms with Gasteiger partial charge in [0.25, 0.3) is 0 Å². The molecule has 186 valence electrons. The number of halogens is 3. The first-order valence-electron chi connectivity index (χ1n) is 10.4. The van der Waals surface area contributed by atoms with Crippen LogP contribution in [0, 0.1) is 0 Å². The fourth-order valence-corrected chi connectivity index (χ4v) is 3.41. The predicted molar refractivity (Wildman–Crippen MR) is 112 cm³/mol. The zero-order chi connectivity index (χ0) is 25.3. The van der Waals surface area contributed by atoms with E-state index in [1.54, 1.807) is 20.8 Å². The van der Waals surface area contributed by atoms with Gasteiger partial charge in [0.05, 0.1) is 30.7 Å². The number of aliphatic hydroxyl groups excluding tert-OH is 1. The number of methoxy groups -OCH3 is 1. The fraction of sp³-hybridized carbons (Fsp3) is 0.524. The Labute approximate surface area is 193 Å². The second-order valence-corrected chi connectivity index (χ2v) is 8.70. The third-order valence-electron chi connectivity index (χ3n) is 4.96. The van der Waals surface area contributed by atoms with Gasteiger partial charge >= 0.3 is 12.3 Å². The van der Waals surface area contributed by atoms with Crippen molar-refractivity contribution < 1.29 is 37.3 Å². The van der Waals surface area contributed by atoms with Gasteiger partial charge in [0.1, 0.15) is 17.3 Å². The Balaban J connectivity index is 1.71. The number of hydrogen-bond acceptors (Lipinski definition) is 7. The van der Waals surface area contributed by atoms with Gasteiger partial charge in [0, 0.05) is 19.3 Å². The summed E-state index contributed by atoms with van der Waals surface area (Å²) < 4.78 is 50.0. The van der Waals surface area contributed by atoms with Crippen LogP contribution in [0.3, 0.4) is 0 Å². The van der Waals surface area contributed by atoms with Crippen LogP contribution >= 0.6 is 0 Å². The minimum atomic E-state index is -4.56. The number of ether oxygens (including phenoxy) is 2. The van der Waals surface area contributed by atoms with Crippen LogP contribution in [0.2, 0.25) is 0 Å². The van der Waals surface area contributed by atoms with E-state index in [-0.39, 0.29) is 31.1 Å². The van der Waals surface area contributed by atoms with Crippen LogP contribution in [0.1, 0.15) is 38.4 Å². The van der Waals surface area contributed by atoms with Crippen LogP contribution in [-0.4, -0.2) is 68.2 Å². The van der Waals surface area contributed by atoms with E-state index in [0.717, 1.165) is 12.3 Å². The lowest BCUT2D eigenvalue weighted by molar-refractivity contribution is -0.141. The Bertz CT molecular complexity index is 1030. The lowest BCUT2D eigenvalue weighted by Crippen LogP contribution is -2.51. The van der Waals surface area contributed by atoms with Crippen molar-refractivity contribution in [2.24, 2.45) is 0 Å². The summed E-state index contributed by atoms with van der Waals surface area (Å²) in [5, 5.41) is 17.1. The number of hydrogen-bond donors (Lipinski definition) is 2. The highest BCUT2D eigenvalue weighted by Gasteiger charge is 2.42. The van der Waals surface area contributed by atoms with E-state index >= 15 is 0 Å². The number of alkyl halides is 3. The monoisotopic (exact) mass is 485 g/mol. The number of amides is 2. The summed E-state index contributed by atoms with van der Waals surface area (Å²) in [6.07, 6.45) is -3.61. The fourth-order valence-electron chi connectivity index (χ4n) is 3.41. The molecule has 34 heavy (non-hydrogen) atoms. The summed E-state index contributed by atoms with van der Waals surface area (Å²) in [5.41, 5.74) is -1.12. The van der Waals surface area contributed by atoms with Gasteiger partial charge in [-0.25, -0.2) is 14.5 Å². The van der Waals surface area contributed by atoms with Crippen molar-refractivity contribution in [3.05, 3.63) is 35.8 Å². The number of rotatable bonds is 5. The van der Waals surface area contributed by atoms with Crippen LogP contribution in [0.15, 0.2) is 24.5 Å². The summed E-state index contributed by atoms with van der Waals surface area (Å²) in [6.45, 7) is 5.19. The molecule has 2 N–H and O–H groups in total. The lowest BCUT2D eigenvalue weighted by atomic mass is 10.1. The van der Waals surface area contributed by atoms with Gasteiger partial charge < -0.3 is 19.9 Å². The number of pyridine rings is 1. The maximum Gasteiger partial charge on any atom is 0.433 e. The van der Waals surface area contributed by atoms with Gasteiger partial charge in [-0.2, -0.15) is 13.2 Å². The molecule has 13 heteroatoms. The van der Waals surface area contributed by atoms with Gasteiger partial charge in [0.15, 0.2) is 0 Å². The first-order valence-corrected chi connectivity index (χ1v) is 10.4. The average molecular weight is 485 g/mol. The number of likely N-dealkylation sites (tertiary alicyclic amines) is 1. The molecule has 1 saturated heterocycles. The summed E-state index contributed by atoms with van der Waals surface area (Å²) in [5.74, 6) is -0.460. The SMILES string of the molecule is COc1nn(-c2ccc(C(F)(F)F)nc2)cc1CNC(=O)[C@@H]1[C@H](O)CCN1C(=O)OC(C)(C)C. The molecule has 0 bridgehead atoms. The first kappa shape index (κ1) is 25.3. The molecule has 2 aromatic rings. The Morgan fingerprint density at radius 3 is 2.53 bits per heavy atom. The summed E-state index contributed by atoms with van der Waals surface area (Å²) in [6, 6.07) is 0.908. The van der Waals surface area contributed by atoms with Crippen molar-refractivity contribution in [1.82, 2.24) is 25.0 Å². The van der Waals surface area contributed by atoms with E-state index in [1.165, 1.54) is 29.0 Å². The van der Waals surface area contributed by atoms with Crippen molar-refractivity contribution in [1.29, 1.82) is 0 Å². The molecule has 2 aromatic heterocycles. The van der Waals surface area contributed by atoms with E-state index in [0.29, 0.717) is 5.56 Å². The van der Waals surface area contributed by atoms with Gasteiger partial charge in [0.2, 0.25) is 11.8 Å². The van der Waals surface area contributed by atoms with Gasteiger partial charge in [-0.1, -0.05) is 0 Å². The van der Waals surface area contributed by atoms with E-state index in [9.17, 15) is 27.9 Å². The number of carbonyl (C=O) groups is 2. The first-order chi connectivity index (χ1) is 15.8. The minimum Gasteiger partial charge on any atom is -0.480 e. The number of aromatic nitrogens is 3. The molecule has 0 unspecified atom stereocenters. The van der Waals surface area contributed by atoms with E-state index in [2.05, 4.69) is 15.4 Å². The summed E-state index contributed by atoms with van der Waals surface area (Å²) in [4.78, 5) is 29.8. The number of nitrogens with one attached hydrogen (secondary N) is 1. The molecule has 0 aromatic carbocycles. The molecule has 0 spiro atoms. The van der Waals surface area contributed by atoms with Crippen molar-refractivity contribution in [3.8, 4) is 11.6 Å². The van der Waals surface area contributed by atoms with Crippen molar-refractivity contribution >= 4 is 12.0 Å². The molecule has 2 atom stereocenters. The number of nitrogens with zero attached hydrogens (tertiary/aromatic N) is 4. The highest BCUT2D eigenvalue weighted by Crippen LogP contribution is 2.28. The van der Waals surface area contributed by atoms with E-state index in [4.69, 9.17) is 9.47 Å². The van der Waals surface area contributed by atoms with Crippen LogP contribution in [0.5, 0.6) is 5.88 Å². The van der Waals surface area contributed by atoms with E-state index < -0.39 is 41.6 Å². The summed E-state index contributed by atoms with van der Waals surface area (Å²) in [7, 11) is 1.36. The predicted octanol–water partition coefficient (Wildman–Crippen LogP) is 2.28. The molecule has 10 nitrogen and oxygen atoms in total. The zero-order valence-electron chi connectivity index (χ0n) is 19.1. The second-order valence-electron chi connectivity index (χ2n) is 8.70. The van der Waals surface area contributed by atoms with Gasteiger partial charge in [-0.3, -0.25) is 9.69 Å². The Kier molecular flexibility index (Phi) is 7.05. The largest absolute Gasteiger partial charge is 0.480 e. The van der Waals surface area contributed by atoms with Crippen molar-refractivity contribution in [2.75, 3.05) is 13.7 Å². The summed E-state index contributed by atoms with van der Waals surface area (Å²) >= 11 is 0. The Hall–Kier alpha value is -3.35. The van der Waals surface area contributed by atoms with Crippen LogP contribution in [0.4, 0.5) is 18.0 Å². The normalized spacial score (nSPS) is 18.6. The lowest BCUT2D eigenvalue weighted by Gasteiger charge is -2.28. The number of aliphatic hydroxyl groups is 1.